The van der Waals surface area contributed by atoms with Gasteiger partial charge in [0.25, 0.3) is 0 Å². The molecule has 0 saturated carbocycles. The second kappa shape index (κ2) is 5.37. The largest absolute Gasteiger partial charge is 0.504 e. The number of methoxy groups -OCH3 is 1. The molecule has 0 bridgehead atoms. The van der Waals surface area contributed by atoms with E-state index in [0.29, 0.717) is 24.5 Å². The molecule has 1 aromatic heterocycles. The van der Waals surface area contributed by atoms with E-state index in [9.17, 15) is 10.2 Å². The molecule has 0 fully saturated rings. The summed E-state index contributed by atoms with van der Waals surface area (Å²) in [6, 6.07) is 4.58. The van der Waals surface area contributed by atoms with E-state index in [4.69, 9.17) is 9.26 Å². The summed E-state index contributed by atoms with van der Waals surface area (Å²) in [5.41, 5.74) is 0.550. The summed E-state index contributed by atoms with van der Waals surface area (Å²) in [5.74, 6) is -0.0999. The number of rotatable bonds is 5. The lowest BCUT2D eigenvalue weighted by molar-refractivity contribution is 0.210. The lowest BCUT2D eigenvalue weighted by Gasteiger charge is -1.99. The van der Waals surface area contributed by atoms with Gasteiger partial charge in [-0.15, -0.1) is 0 Å². The molecule has 0 aliphatic rings. The zero-order valence-corrected chi connectivity index (χ0v) is 9.75. The Morgan fingerprint density at radius 3 is 2.89 bits per heavy atom. The molecule has 0 radical (unpaired) electrons. The summed E-state index contributed by atoms with van der Waals surface area (Å²) >= 11 is 0. The van der Waals surface area contributed by atoms with Gasteiger partial charge in [0.1, 0.15) is 0 Å². The van der Waals surface area contributed by atoms with Crippen molar-refractivity contribution < 1.29 is 19.5 Å². The molecule has 0 unspecified atom stereocenters. The van der Waals surface area contributed by atoms with Crippen LogP contribution in [0.3, 0.4) is 0 Å². The minimum Gasteiger partial charge on any atom is -0.504 e. The molecule has 0 saturated heterocycles. The maximum atomic E-state index is 9.37. The fourth-order valence-electron chi connectivity index (χ4n) is 1.34. The van der Waals surface area contributed by atoms with E-state index < -0.39 is 0 Å². The van der Waals surface area contributed by atoms with Gasteiger partial charge in [-0.25, -0.2) is 0 Å². The highest BCUT2D eigenvalue weighted by Gasteiger charge is 2.10. The van der Waals surface area contributed by atoms with Gasteiger partial charge in [-0.2, -0.15) is 4.98 Å². The molecule has 0 aliphatic heterocycles. The summed E-state index contributed by atoms with van der Waals surface area (Å²) in [5, 5.41) is 25.2. The topological polar surface area (TPSA) is 101 Å². The summed E-state index contributed by atoms with van der Waals surface area (Å²) in [6.07, 6.45) is 0. The highest BCUT2D eigenvalue weighted by molar-refractivity contribution is 5.60. The monoisotopic (exact) mass is 251 g/mol. The van der Waals surface area contributed by atoms with Gasteiger partial charge in [0.15, 0.2) is 11.5 Å². The van der Waals surface area contributed by atoms with Crippen LogP contribution in [0.1, 0.15) is 0 Å². The quantitative estimate of drug-likeness (QED) is 0.542. The second-order valence-electron chi connectivity index (χ2n) is 3.55. The summed E-state index contributed by atoms with van der Waals surface area (Å²) < 4.78 is 9.83. The summed E-state index contributed by atoms with van der Waals surface area (Å²) in [4.78, 5) is 4.09. The Labute approximate surface area is 103 Å². The first-order valence-corrected chi connectivity index (χ1v) is 5.29. The van der Waals surface area contributed by atoms with E-state index in [-0.39, 0.29) is 17.5 Å². The average molecular weight is 251 g/mol. The summed E-state index contributed by atoms with van der Waals surface area (Å²) in [7, 11) is 1.60. The van der Waals surface area contributed by atoms with E-state index in [1.165, 1.54) is 12.1 Å². The maximum Gasteiger partial charge on any atom is 0.321 e. The molecule has 1 heterocycles. The van der Waals surface area contributed by atoms with Crippen molar-refractivity contribution in [2.75, 3.05) is 25.6 Å². The fourth-order valence-corrected chi connectivity index (χ4v) is 1.34. The number of phenols is 2. The predicted molar refractivity (Wildman–Crippen MR) is 63.4 cm³/mol. The van der Waals surface area contributed by atoms with Gasteiger partial charge in [0, 0.05) is 19.2 Å². The third-order valence-electron chi connectivity index (χ3n) is 2.24. The number of aromatic nitrogens is 2. The number of ether oxygens (including phenoxy) is 1. The summed E-state index contributed by atoms with van der Waals surface area (Å²) in [6.45, 7) is 1.08. The first-order chi connectivity index (χ1) is 8.70. The minimum atomic E-state index is -0.230. The van der Waals surface area contributed by atoms with Crippen molar-refractivity contribution in [3.8, 4) is 22.9 Å². The first kappa shape index (κ1) is 12.2. The molecule has 7 nitrogen and oxygen atoms in total. The molecule has 1 aromatic carbocycles. The molecule has 2 aromatic rings. The van der Waals surface area contributed by atoms with Crippen LogP contribution in [-0.4, -0.2) is 40.6 Å². The van der Waals surface area contributed by atoms with Gasteiger partial charge >= 0.3 is 6.01 Å². The molecule has 0 spiro atoms. The number of hydrogen-bond acceptors (Lipinski definition) is 7. The maximum absolute atomic E-state index is 9.37. The normalized spacial score (nSPS) is 10.5. The number of nitrogens with one attached hydrogen (secondary N) is 1. The van der Waals surface area contributed by atoms with E-state index >= 15 is 0 Å². The second-order valence-corrected chi connectivity index (χ2v) is 3.55. The van der Waals surface area contributed by atoms with Crippen molar-refractivity contribution in [3.63, 3.8) is 0 Å². The number of anilines is 1. The van der Waals surface area contributed by atoms with Crippen molar-refractivity contribution in [3.05, 3.63) is 18.2 Å². The number of aromatic hydroxyl groups is 2. The predicted octanol–water partition coefficient (Wildman–Crippen LogP) is 1.21. The Morgan fingerprint density at radius 1 is 1.33 bits per heavy atom. The van der Waals surface area contributed by atoms with Crippen LogP contribution in [-0.2, 0) is 4.74 Å². The van der Waals surface area contributed by atoms with Crippen molar-refractivity contribution in [1.82, 2.24) is 10.1 Å². The molecule has 0 aliphatic carbocycles. The zero-order valence-electron chi connectivity index (χ0n) is 9.75. The van der Waals surface area contributed by atoms with Crippen molar-refractivity contribution in [2.45, 2.75) is 0 Å². The first-order valence-electron chi connectivity index (χ1n) is 5.29. The molecule has 3 N–H and O–H groups in total. The molecule has 0 atom stereocenters. The van der Waals surface area contributed by atoms with Crippen LogP contribution in [0.25, 0.3) is 11.4 Å². The lowest BCUT2D eigenvalue weighted by atomic mass is 10.2. The van der Waals surface area contributed by atoms with Crippen LogP contribution in [0.2, 0.25) is 0 Å². The highest BCUT2D eigenvalue weighted by atomic mass is 16.5. The van der Waals surface area contributed by atoms with Crippen molar-refractivity contribution in [2.24, 2.45) is 0 Å². The van der Waals surface area contributed by atoms with Crippen LogP contribution in [0.5, 0.6) is 11.5 Å². The Bertz CT molecular complexity index is 527. The third-order valence-corrected chi connectivity index (χ3v) is 2.24. The van der Waals surface area contributed by atoms with Crippen LogP contribution in [0.15, 0.2) is 22.7 Å². The SMILES string of the molecule is COCCNc1nc(-c2ccc(O)c(O)c2)no1. The van der Waals surface area contributed by atoms with E-state index in [2.05, 4.69) is 15.5 Å². The smallest absolute Gasteiger partial charge is 0.321 e. The Kier molecular flexibility index (Phi) is 3.63. The van der Waals surface area contributed by atoms with Gasteiger partial charge in [0.05, 0.1) is 6.61 Å². The molecule has 18 heavy (non-hydrogen) atoms. The fraction of sp³-hybridized carbons (Fsp3) is 0.273. The standard InChI is InChI=1S/C11H13N3O4/c1-17-5-4-12-11-13-10(14-18-11)7-2-3-8(15)9(16)6-7/h2-3,6,15-16H,4-5H2,1H3,(H,12,13,14). The number of phenolic OH excluding ortho intramolecular Hbond substituents is 2. The molecular weight excluding hydrogens is 238 g/mol. The minimum absolute atomic E-state index is 0.194. The van der Waals surface area contributed by atoms with Gasteiger partial charge in [-0.3, -0.25) is 0 Å². The van der Waals surface area contributed by atoms with Gasteiger partial charge < -0.3 is 24.8 Å². The van der Waals surface area contributed by atoms with Crippen LogP contribution < -0.4 is 5.32 Å². The lowest BCUT2D eigenvalue weighted by Crippen LogP contribution is -2.07. The van der Waals surface area contributed by atoms with Crippen molar-refractivity contribution in [1.29, 1.82) is 0 Å². The zero-order chi connectivity index (χ0) is 13.0. The average Bonchev–Trinajstić information content (AvgIpc) is 2.82. The Morgan fingerprint density at radius 2 is 2.17 bits per heavy atom. The third kappa shape index (κ3) is 2.69. The Hall–Kier alpha value is -2.28. The van der Waals surface area contributed by atoms with Crippen molar-refractivity contribution >= 4 is 6.01 Å². The van der Waals surface area contributed by atoms with Crippen LogP contribution in [0, 0.1) is 0 Å². The van der Waals surface area contributed by atoms with E-state index in [1.54, 1.807) is 13.2 Å². The number of benzene rings is 1. The molecule has 2 rings (SSSR count). The van der Waals surface area contributed by atoms with E-state index in [1.807, 2.05) is 0 Å². The molecule has 7 heteroatoms. The van der Waals surface area contributed by atoms with E-state index in [0.717, 1.165) is 0 Å². The number of nitrogens with zero attached hydrogens (tertiary/aromatic N) is 2. The van der Waals surface area contributed by atoms with Gasteiger partial charge in [-0.1, -0.05) is 5.16 Å². The molecular formula is C11H13N3O4. The highest BCUT2D eigenvalue weighted by Crippen LogP contribution is 2.29. The van der Waals surface area contributed by atoms with Gasteiger partial charge in [-0.05, 0) is 18.2 Å². The van der Waals surface area contributed by atoms with Gasteiger partial charge in [0.2, 0.25) is 5.82 Å². The molecule has 0 amide bonds. The number of hydrogen-bond donors (Lipinski definition) is 3. The Balaban J connectivity index is 2.11. The van der Waals surface area contributed by atoms with Crippen LogP contribution in [0.4, 0.5) is 6.01 Å². The molecule has 96 valence electrons. The van der Waals surface area contributed by atoms with Crippen LogP contribution >= 0.6 is 0 Å².